The van der Waals surface area contributed by atoms with Crippen LogP contribution in [0.25, 0.3) is 15.3 Å². The summed E-state index contributed by atoms with van der Waals surface area (Å²) < 4.78 is 2.53. The second-order valence-electron chi connectivity index (χ2n) is 7.18. The highest BCUT2D eigenvalue weighted by molar-refractivity contribution is 7.98. The molecule has 0 aliphatic heterocycles. The maximum atomic E-state index is 13.3. The van der Waals surface area contributed by atoms with Crippen LogP contribution in [0.4, 0.5) is 0 Å². The van der Waals surface area contributed by atoms with Crippen LogP contribution in [0.15, 0.2) is 87.7 Å². The molecule has 0 radical (unpaired) electrons. The number of thioether (sulfide) groups is 1. The molecule has 5 aromatic rings. The number of aliphatic imine (C=N–C) groups is 1. The van der Waals surface area contributed by atoms with Gasteiger partial charge in [-0.05, 0) is 48.0 Å². The van der Waals surface area contributed by atoms with Crippen molar-refractivity contribution in [2.24, 2.45) is 4.99 Å². The van der Waals surface area contributed by atoms with E-state index >= 15 is 0 Å². The van der Waals surface area contributed by atoms with Crippen molar-refractivity contribution in [2.45, 2.75) is 17.2 Å². The molecule has 6 nitrogen and oxygen atoms in total. The van der Waals surface area contributed by atoms with Crippen molar-refractivity contribution < 1.29 is 0 Å². The first-order chi connectivity index (χ1) is 16.2. The standard InChI is InChI=1S/C24H18ClN5OS2/c25-17-7-9-18(10-8-17)32-15-21-19(14-27-13-16-4-3-11-26-12-16)23(31)30(29-21)24-28-20-5-1-2-6-22(20)33-24/h1-12,14,29H,13,15H2. The zero-order chi connectivity index (χ0) is 22.6. The van der Waals surface area contributed by atoms with E-state index in [2.05, 4.69) is 20.1 Å². The largest absolute Gasteiger partial charge is 0.291 e. The van der Waals surface area contributed by atoms with E-state index in [0.717, 1.165) is 26.4 Å². The predicted octanol–water partition coefficient (Wildman–Crippen LogP) is 5.74. The van der Waals surface area contributed by atoms with E-state index in [1.807, 2.05) is 60.7 Å². The Balaban J connectivity index is 1.48. The number of aromatic nitrogens is 4. The quantitative estimate of drug-likeness (QED) is 0.233. The predicted molar refractivity (Wildman–Crippen MR) is 136 cm³/mol. The highest BCUT2D eigenvalue weighted by atomic mass is 35.5. The fraction of sp³-hybridized carbons (Fsp3) is 0.0833. The molecular weight excluding hydrogens is 474 g/mol. The van der Waals surface area contributed by atoms with Gasteiger partial charge in [-0.1, -0.05) is 41.1 Å². The normalized spacial score (nSPS) is 11.5. The zero-order valence-corrected chi connectivity index (χ0v) is 19.7. The van der Waals surface area contributed by atoms with Gasteiger partial charge in [-0.25, -0.2) is 4.98 Å². The average Bonchev–Trinajstić information content (AvgIpc) is 3.40. The second-order valence-corrected chi connectivity index (χ2v) is 9.68. The number of para-hydroxylation sites is 1. The maximum absolute atomic E-state index is 13.3. The summed E-state index contributed by atoms with van der Waals surface area (Å²) in [6.45, 7) is 0.448. The van der Waals surface area contributed by atoms with Crippen LogP contribution in [0.2, 0.25) is 5.02 Å². The molecule has 33 heavy (non-hydrogen) atoms. The maximum Gasteiger partial charge on any atom is 0.282 e. The summed E-state index contributed by atoms with van der Waals surface area (Å²) in [6.07, 6.45) is 5.14. The molecule has 3 heterocycles. The van der Waals surface area contributed by atoms with Crippen molar-refractivity contribution in [3.8, 4) is 5.13 Å². The van der Waals surface area contributed by atoms with Crippen LogP contribution in [-0.4, -0.2) is 26.0 Å². The number of rotatable bonds is 7. The Labute approximate surface area is 203 Å². The lowest BCUT2D eigenvalue weighted by atomic mass is 10.2. The van der Waals surface area contributed by atoms with E-state index in [1.54, 1.807) is 30.4 Å². The minimum atomic E-state index is -0.171. The van der Waals surface area contributed by atoms with Crippen LogP contribution in [0.3, 0.4) is 0 Å². The fourth-order valence-corrected chi connectivity index (χ4v) is 5.16. The SMILES string of the molecule is O=c1c(C=NCc2cccnc2)c(CSc2ccc(Cl)cc2)[nH]n1-c1nc2ccccc2s1. The van der Waals surface area contributed by atoms with E-state index in [-0.39, 0.29) is 5.56 Å². The molecule has 5 rings (SSSR count). The van der Waals surface area contributed by atoms with E-state index in [0.29, 0.717) is 28.0 Å². The van der Waals surface area contributed by atoms with Crippen molar-refractivity contribution >= 4 is 51.1 Å². The minimum absolute atomic E-state index is 0.171. The van der Waals surface area contributed by atoms with Gasteiger partial charge in [0, 0.05) is 34.3 Å². The van der Waals surface area contributed by atoms with E-state index in [4.69, 9.17) is 11.6 Å². The third-order valence-corrected chi connectivity index (χ3v) is 7.21. The monoisotopic (exact) mass is 491 g/mol. The second kappa shape index (κ2) is 9.74. The van der Waals surface area contributed by atoms with E-state index in [9.17, 15) is 4.79 Å². The first kappa shape index (κ1) is 21.6. The first-order valence-corrected chi connectivity index (χ1v) is 12.3. The zero-order valence-electron chi connectivity index (χ0n) is 17.3. The van der Waals surface area contributed by atoms with Gasteiger partial charge in [-0.2, -0.15) is 4.68 Å². The molecule has 0 amide bonds. The summed E-state index contributed by atoms with van der Waals surface area (Å²) in [4.78, 5) is 27.6. The van der Waals surface area contributed by atoms with Gasteiger partial charge in [0.15, 0.2) is 0 Å². The Morgan fingerprint density at radius 1 is 1.12 bits per heavy atom. The Hall–Kier alpha value is -3.20. The lowest BCUT2D eigenvalue weighted by Gasteiger charge is -2.01. The molecule has 1 N–H and O–H groups in total. The van der Waals surface area contributed by atoms with Crippen LogP contribution in [-0.2, 0) is 12.3 Å². The summed E-state index contributed by atoms with van der Waals surface area (Å²) in [7, 11) is 0. The molecule has 3 aromatic heterocycles. The molecule has 0 aliphatic carbocycles. The molecule has 0 unspecified atom stereocenters. The molecule has 0 spiro atoms. The van der Waals surface area contributed by atoms with E-state index < -0.39 is 0 Å². The van der Waals surface area contributed by atoms with Gasteiger partial charge in [0.25, 0.3) is 5.56 Å². The Kier molecular flexibility index (Phi) is 6.39. The molecule has 0 saturated heterocycles. The topological polar surface area (TPSA) is 75.9 Å². The van der Waals surface area contributed by atoms with E-state index in [1.165, 1.54) is 16.0 Å². The number of thiazole rings is 1. The Morgan fingerprint density at radius 2 is 1.97 bits per heavy atom. The summed E-state index contributed by atoms with van der Waals surface area (Å²) in [5.74, 6) is 0.572. The van der Waals surface area contributed by atoms with Gasteiger partial charge >= 0.3 is 0 Å². The number of aromatic amines is 1. The molecule has 0 bridgehead atoms. The number of fused-ring (bicyclic) bond motifs is 1. The third kappa shape index (κ3) is 4.93. The van der Waals surface area contributed by atoms with Gasteiger partial charge in [-0.3, -0.25) is 19.9 Å². The van der Waals surface area contributed by atoms with Crippen LogP contribution in [0.1, 0.15) is 16.8 Å². The van der Waals surface area contributed by atoms with Crippen molar-refractivity contribution in [3.63, 3.8) is 0 Å². The summed E-state index contributed by atoms with van der Waals surface area (Å²) >= 11 is 9.09. The van der Waals surface area contributed by atoms with Gasteiger partial charge in [0.2, 0.25) is 5.13 Å². The number of nitrogens with zero attached hydrogens (tertiary/aromatic N) is 4. The Bertz CT molecular complexity index is 1440. The van der Waals surface area contributed by atoms with Crippen molar-refractivity contribution in [1.29, 1.82) is 0 Å². The van der Waals surface area contributed by atoms with Gasteiger partial charge in [0.05, 0.1) is 28.0 Å². The number of H-pyrrole nitrogens is 1. The molecular formula is C24H18ClN5OS2. The molecule has 0 aliphatic rings. The molecule has 2 aromatic carbocycles. The van der Waals surface area contributed by atoms with Crippen LogP contribution >= 0.6 is 34.7 Å². The fourth-order valence-electron chi connectivity index (χ4n) is 3.25. The number of nitrogens with one attached hydrogen (secondary N) is 1. The van der Waals surface area contributed by atoms with Gasteiger partial charge < -0.3 is 0 Å². The lowest BCUT2D eigenvalue weighted by molar-refractivity contribution is 0.827. The number of hydrogen-bond acceptors (Lipinski definition) is 6. The smallest absolute Gasteiger partial charge is 0.282 e. The minimum Gasteiger partial charge on any atom is -0.291 e. The van der Waals surface area contributed by atoms with Crippen molar-refractivity contribution in [2.75, 3.05) is 0 Å². The number of hydrogen-bond donors (Lipinski definition) is 1. The summed E-state index contributed by atoms with van der Waals surface area (Å²) in [6, 6.07) is 19.3. The summed E-state index contributed by atoms with van der Waals surface area (Å²) in [5, 5.41) is 4.55. The first-order valence-electron chi connectivity index (χ1n) is 10.1. The molecule has 164 valence electrons. The molecule has 0 fully saturated rings. The van der Waals surface area contributed by atoms with Crippen molar-refractivity contribution in [3.05, 3.63) is 105 Å². The molecule has 9 heteroatoms. The van der Waals surface area contributed by atoms with Gasteiger partial charge in [0.1, 0.15) is 0 Å². The number of halogens is 1. The third-order valence-electron chi connectivity index (χ3n) is 4.89. The van der Waals surface area contributed by atoms with Crippen LogP contribution < -0.4 is 5.56 Å². The van der Waals surface area contributed by atoms with Gasteiger partial charge in [-0.15, -0.1) is 11.8 Å². The number of pyridine rings is 1. The van der Waals surface area contributed by atoms with Crippen LogP contribution in [0.5, 0.6) is 0 Å². The molecule has 0 saturated carbocycles. The summed E-state index contributed by atoms with van der Waals surface area (Å²) in [5.41, 5.74) is 2.99. The lowest BCUT2D eigenvalue weighted by Crippen LogP contribution is -2.17. The van der Waals surface area contributed by atoms with Crippen molar-refractivity contribution in [1.82, 2.24) is 19.7 Å². The molecule has 0 atom stereocenters. The highest BCUT2D eigenvalue weighted by Gasteiger charge is 2.17. The highest BCUT2D eigenvalue weighted by Crippen LogP contribution is 2.26. The number of benzene rings is 2. The average molecular weight is 492 g/mol. The Morgan fingerprint density at radius 3 is 2.76 bits per heavy atom. The van der Waals surface area contributed by atoms with Crippen LogP contribution in [0, 0.1) is 0 Å².